The highest BCUT2D eigenvalue weighted by molar-refractivity contribution is 5.86. The summed E-state index contributed by atoms with van der Waals surface area (Å²) in [5.74, 6) is -0.330. The summed E-state index contributed by atoms with van der Waals surface area (Å²) in [6.07, 6.45) is 5.01. The number of nitrogens with one attached hydrogen (secondary N) is 1. The van der Waals surface area contributed by atoms with Crippen LogP contribution in [0.1, 0.15) is 36.1 Å². The first-order valence-corrected chi connectivity index (χ1v) is 9.50. The number of hydrogen-bond donors (Lipinski definition) is 1. The van der Waals surface area contributed by atoms with Crippen LogP contribution in [0.5, 0.6) is 0 Å². The zero-order valence-electron chi connectivity index (χ0n) is 15.5. The third-order valence-corrected chi connectivity index (χ3v) is 5.15. The summed E-state index contributed by atoms with van der Waals surface area (Å²) in [4.78, 5) is 19.5. The van der Waals surface area contributed by atoms with Crippen molar-refractivity contribution in [1.82, 2.24) is 9.88 Å². The molecular weight excluding hydrogens is 353 g/mol. The SMILES string of the molecule is O=C(C(Nc1ccccc1)c1cccnc1)N1CCCC1c1ccccc1F. The van der Waals surface area contributed by atoms with Gasteiger partial charge >= 0.3 is 0 Å². The fourth-order valence-electron chi connectivity index (χ4n) is 3.80. The third-order valence-electron chi connectivity index (χ3n) is 5.15. The lowest BCUT2D eigenvalue weighted by Gasteiger charge is -2.30. The molecule has 5 heteroatoms. The number of anilines is 1. The van der Waals surface area contributed by atoms with E-state index < -0.39 is 6.04 Å². The number of para-hydroxylation sites is 1. The minimum Gasteiger partial charge on any atom is -0.370 e. The first kappa shape index (κ1) is 18.2. The molecule has 1 fully saturated rings. The van der Waals surface area contributed by atoms with Gasteiger partial charge in [0.25, 0.3) is 0 Å². The number of carbonyl (C=O) groups is 1. The molecule has 2 heterocycles. The van der Waals surface area contributed by atoms with E-state index in [0.717, 1.165) is 24.1 Å². The van der Waals surface area contributed by atoms with E-state index in [4.69, 9.17) is 0 Å². The molecule has 1 N–H and O–H groups in total. The van der Waals surface area contributed by atoms with Crippen LogP contribution in [0.3, 0.4) is 0 Å². The Morgan fingerprint density at radius 2 is 1.86 bits per heavy atom. The summed E-state index contributed by atoms with van der Waals surface area (Å²) >= 11 is 0. The number of nitrogens with zero attached hydrogens (tertiary/aromatic N) is 2. The van der Waals surface area contributed by atoms with Crippen molar-refractivity contribution in [2.45, 2.75) is 24.9 Å². The van der Waals surface area contributed by atoms with Gasteiger partial charge in [-0.05, 0) is 37.1 Å². The van der Waals surface area contributed by atoms with Crippen molar-refractivity contribution in [3.8, 4) is 0 Å². The zero-order valence-corrected chi connectivity index (χ0v) is 15.5. The van der Waals surface area contributed by atoms with E-state index in [-0.39, 0.29) is 17.8 Å². The molecule has 1 aromatic heterocycles. The van der Waals surface area contributed by atoms with E-state index >= 15 is 0 Å². The maximum absolute atomic E-state index is 14.4. The maximum Gasteiger partial charge on any atom is 0.250 e. The molecule has 4 rings (SSSR count). The zero-order chi connectivity index (χ0) is 19.3. The van der Waals surface area contributed by atoms with Gasteiger partial charge < -0.3 is 10.2 Å². The van der Waals surface area contributed by atoms with Crippen LogP contribution in [0.15, 0.2) is 79.1 Å². The molecule has 28 heavy (non-hydrogen) atoms. The van der Waals surface area contributed by atoms with Crippen LogP contribution in [-0.4, -0.2) is 22.3 Å². The van der Waals surface area contributed by atoms with Crippen molar-refractivity contribution in [2.24, 2.45) is 0 Å². The van der Waals surface area contributed by atoms with Gasteiger partial charge in [-0.1, -0.05) is 42.5 Å². The van der Waals surface area contributed by atoms with Crippen LogP contribution in [0.25, 0.3) is 0 Å². The Labute approximate surface area is 164 Å². The predicted octanol–water partition coefficient (Wildman–Crippen LogP) is 4.74. The number of hydrogen-bond acceptors (Lipinski definition) is 3. The summed E-state index contributed by atoms with van der Waals surface area (Å²) in [5, 5.41) is 3.33. The number of aromatic nitrogens is 1. The number of likely N-dealkylation sites (tertiary alicyclic amines) is 1. The lowest BCUT2D eigenvalue weighted by atomic mass is 10.0. The molecule has 0 radical (unpaired) electrons. The van der Waals surface area contributed by atoms with Gasteiger partial charge in [-0.15, -0.1) is 0 Å². The van der Waals surface area contributed by atoms with Gasteiger partial charge in [-0.25, -0.2) is 4.39 Å². The minimum atomic E-state index is -0.580. The van der Waals surface area contributed by atoms with Crippen molar-refractivity contribution in [1.29, 1.82) is 0 Å². The fourth-order valence-corrected chi connectivity index (χ4v) is 3.80. The van der Waals surface area contributed by atoms with Gasteiger partial charge in [-0.2, -0.15) is 0 Å². The average Bonchev–Trinajstić information content (AvgIpc) is 3.23. The van der Waals surface area contributed by atoms with E-state index in [1.165, 1.54) is 6.07 Å². The van der Waals surface area contributed by atoms with E-state index in [0.29, 0.717) is 12.1 Å². The van der Waals surface area contributed by atoms with E-state index in [2.05, 4.69) is 10.3 Å². The second-order valence-corrected chi connectivity index (χ2v) is 6.94. The van der Waals surface area contributed by atoms with Crippen LogP contribution >= 0.6 is 0 Å². The molecule has 2 atom stereocenters. The maximum atomic E-state index is 14.4. The average molecular weight is 375 g/mol. The highest BCUT2D eigenvalue weighted by atomic mass is 19.1. The quantitative estimate of drug-likeness (QED) is 0.701. The molecule has 4 nitrogen and oxygen atoms in total. The Hall–Kier alpha value is -3.21. The smallest absolute Gasteiger partial charge is 0.250 e. The molecule has 1 amide bonds. The second-order valence-electron chi connectivity index (χ2n) is 6.94. The normalized spacial score (nSPS) is 17.3. The molecule has 2 aromatic carbocycles. The Kier molecular flexibility index (Phi) is 5.33. The molecule has 1 saturated heterocycles. The number of benzene rings is 2. The third kappa shape index (κ3) is 3.74. The first-order chi connectivity index (χ1) is 13.7. The molecular formula is C23H22FN3O. The number of amides is 1. The predicted molar refractivity (Wildman–Crippen MR) is 107 cm³/mol. The Bertz CT molecular complexity index is 933. The monoisotopic (exact) mass is 375 g/mol. The second kappa shape index (κ2) is 8.21. The van der Waals surface area contributed by atoms with Crippen LogP contribution in [0, 0.1) is 5.82 Å². The molecule has 1 aliphatic heterocycles. The lowest BCUT2D eigenvalue weighted by Crippen LogP contribution is -2.38. The van der Waals surface area contributed by atoms with E-state index in [9.17, 15) is 9.18 Å². The standard InChI is InChI=1S/C23H22FN3O/c24-20-12-5-4-11-19(20)21-13-7-15-27(21)23(28)22(17-8-6-14-25-16-17)26-18-9-2-1-3-10-18/h1-6,8-12,14,16,21-22,26H,7,13,15H2. The van der Waals surface area contributed by atoms with Crippen LogP contribution < -0.4 is 5.32 Å². The molecule has 0 saturated carbocycles. The van der Waals surface area contributed by atoms with Crippen LogP contribution in [0.4, 0.5) is 10.1 Å². The van der Waals surface area contributed by atoms with Gasteiger partial charge in [0.2, 0.25) is 5.91 Å². The summed E-state index contributed by atoms with van der Waals surface area (Å²) in [6.45, 7) is 0.616. The molecule has 142 valence electrons. The van der Waals surface area contributed by atoms with E-state index in [1.807, 2.05) is 48.5 Å². The Balaban J connectivity index is 1.66. The van der Waals surface area contributed by atoms with Crippen molar-refractivity contribution in [3.05, 3.63) is 96.1 Å². The summed E-state index contributed by atoms with van der Waals surface area (Å²) in [6, 6.07) is 19.2. The van der Waals surface area contributed by atoms with Gasteiger partial charge in [0.05, 0.1) is 6.04 Å². The number of halogens is 1. The molecule has 0 spiro atoms. The highest BCUT2D eigenvalue weighted by Crippen LogP contribution is 2.36. The Morgan fingerprint density at radius 3 is 2.61 bits per heavy atom. The van der Waals surface area contributed by atoms with Crippen LogP contribution in [0.2, 0.25) is 0 Å². The minimum absolute atomic E-state index is 0.0670. The number of pyridine rings is 1. The number of carbonyl (C=O) groups excluding carboxylic acids is 1. The topological polar surface area (TPSA) is 45.2 Å². The van der Waals surface area contributed by atoms with Gasteiger partial charge in [0.1, 0.15) is 11.9 Å². The molecule has 3 aromatic rings. The first-order valence-electron chi connectivity index (χ1n) is 9.50. The van der Waals surface area contributed by atoms with Gasteiger partial charge in [0.15, 0.2) is 0 Å². The summed E-state index contributed by atoms with van der Waals surface area (Å²) in [7, 11) is 0. The fraction of sp³-hybridized carbons (Fsp3) is 0.217. The summed E-state index contributed by atoms with van der Waals surface area (Å²) < 4.78 is 14.4. The van der Waals surface area contributed by atoms with Gasteiger partial charge in [0, 0.05) is 35.8 Å². The molecule has 2 unspecified atom stereocenters. The van der Waals surface area contributed by atoms with Crippen LogP contribution in [-0.2, 0) is 4.79 Å². The molecule has 1 aliphatic rings. The van der Waals surface area contributed by atoms with Crippen molar-refractivity contribution in [3.63, 3.8) is 0 Å². The molecule has 0 aliphatic carbocycles. The van der Waals surface area contributed by atoms with Crippen molar-refractivity contribution in [2.75, 3.05) is 11.9 Å². The number of rotatable bonds is 5. The highest BCUT2D eigenvalue weighted by Gasteiger charge is 2.35. The Morgan fingerprint density at radius 1 is 1.07 bits per heavy atom. The molecule has 0 bridgehead atoms. The van der Waals surface area contributed by atoms with Crippen molar-refractivity contribution < 1.29 is 9.18 Å². The largest absolute Gasteiger partial charge is 0.370 e. The lowest BCUT2D eigenvalue weighted by molar-refractivity contribution is -0.133. The van der Waals surface area contributed by atoms with Gasteiger partial charge in [-0.3, -0.25) is 9.78 Å². The van der Waals surface area contributed by atoms with Crippen molar-refractivity contribution >= 4 is 11.6 Å². The summed E-state index contributed by atoms with van der Waals surface area (Å²) in [5.41, 5.74) is 2.22. The van der Waals surface area contributed by atoms with E-state index in [1.54, 1.807) is 29.4 Å².